The number of nitrogens with zero attached hydrogens (tertiary/aromatic N) is 3. The van der Waals surface area contributed by atoms with Gasteiger partial charge in [0.1, 0.15) is 5.52 Å². The van der Waals surface area contributed by atoms with E-state index in [2.05, 4.69) is 9.97 Å². The van der Waals surface area contributed by atoms with Gasteiger partial charge in [0.25, 0.3) is 5.69 Å². The first-order valence-corrected chi connectivity index (χ1v) is 4.28. The van der Waals surface area contributed by atoms with Crippen molar-refractivity contribution in [2.24, 2.45) is 0 Å². The van der Waals surface area contributed by atoms with Crippen molar-refractivity contribution >= 4 is 22.7 Å². The van der Waals surface area contributed by atoms with Crippen molar-refractivity contribution in [3.63, 3.8) is 0 Å². The number of nitro benzene ring substituents is 1. The average molecular weight is 222 g/mol. The molecule has 0 radical (unpaired) electrons. The quantitative estimate of drug-likeness (QED) is 0.613. The van der Waals surface area contributed by atoms with E-state index >= 15 is 0 Å². The summed E-state index contributed by atoms with van der Waals surface area (Å²) < 4.78 is 0. The van der Waals surface area contributed by atoms with Crippen molar-refractivity contribution in [3.05, 3.63) is 37.9 Å². The van der Waals surface area contributed by atoms with Crippen molar-refractivity contribution in [2.75, 3.05) is 0 Å². The van der Waals surface area contributed by atoms with E-state index < -0.39 is 15.8 Å². The van der Waals surface area contributed by atoms with Crippen LogP contribution >= 0.6 is 0 Å². The van der Waals surface area contributed by atoms with Gasteiger partial charge in [-0.3, -0.25) is 10.1 Å². The van der Waals surface area contributed by atoms with Crippen LogP contribution in [0.25, 0.3) is 11.0 Å². The smallest absolute Gasteiger partial charge is 0.390 e. The molecule has 0 unspecified atom stereocenters. The first-order valence-electron chi connectivity index (χ1n) is 4.28. The zero-order chi connectivity index (χ0) is 11.9. The van der Waals surface area contributed by atoms with Crippen LogP contribution in [0, 0.1) is 27.2 Å². The summed E-state index contributed by atoms with van der Waals surface area (Å²) in [4.78, 5) is 26.0. The van der Waals surface area contributed by atoms with Gasteiger partial charge in [0.2, 0.25) is 0 Å². The number of rotatable bonds is 2. The first-order chi connectivity index (χ1) is 7.49. The van der Waals surface area contributed by atoms with Gasteiger partial charge < -0.3 is 10.1 Å². The van der Waals surface area contributed by atoms with Crippen LogP contribution in [0.1, 0.15) is 5.56 Å². The number of benzene rings is 1. The second-order valence-corrected chi connectivity index (χ2v) is 3.23. The molecule has 0 spiro atoms. The highest BCUT2D eigenvalue weighted by molar-refractivity contribution is 5.80. The Bertz CT molecular complexity index is 603. The predicted octanol–water partition coefficient (Wildman–Crippen LogP) is 1.69. The van der Waals surface area contributed by atoms with E-state index in [0.29, 0.717) is 11.1 Å². The Kier molecular flexibility index (Phi) is 2.04. The minimum absolute atomic E-state index is 0.0916. The maximum absolute atomic E-state index is 10.6. The van der Waals surface area contributed by atoms with Crippen molar-refractivity contribution in [2.45, 2.75) is 6.92 Å². The number of hydrogen-bond donors (Lipinski definition) is 1. The second-order valence-electron chi connectivity index (χ2n) is 3.23. The summed E-state index contributed by atoms with van der Waals surface area (Å²) in [6, 6.07) is 2.68. The molecule has 1 heterocycles. The molecule has 0 saturated carbocycles. The summed E-state index contributed by atoms with van der Waals surface area (Å²) in [6.45, 7) is 1.55. The van der Waals surface area contributed by atoms with Crippen molar-refractivity contribution in [1.29, 1.82) is 0 Å². The van der Waals surface area contributed by atoms with Gasteiger partial charge in [-0.05, 0) is 17.9 Å². The molecule has 8 heteroatoms. The molecule has 0 amide bonds. The lowest BCUT2D eigenvalue weighted by atomic mass is 10.2. The van der Waals surface area contributed by atoms with Gasteiger partial charge in [-0.2, -0.15) is 0 Å². The largest absolute Gasteiger partial charge is 0.433 e. The van der Waals surface area contributed by atoms with Crippen molar-refractivity contribution < 1.29 is 9.85 Å². The molecule has 0 bridgehead atoms. The molecular formula is C8H6N4O4. The summed E-state index contributed by atoms with van der Waals surface area (Å²) >= 11 is 0. The van der Waals surface area contributed by atoms with Gasteiger partial charge in [0, 0.05) is 5.56 Å². The molecule has 0 atom stereocenters. The number of aryl methyl sites for hydroxylation is 1. The van der Waals surface area contributed by atoms with Gasteiger partial charge in [0.15, 0.2) is 5.52 Å². The van der Waals surface area contributed by atoms with Crippen molar-refractivity contribution in [1.82, 2.24) is 9.97 Å². The minimum atomic E-state index is -0.679. The third-order valence-electron chi connectivity index (χ3n) is 2.16. The standard InChI is InChI=1S/C8H6N4O4/c1-4-2-5-6(3-7(4)11(13)14)10-8(9-5)12(15)16/h2-3H,1H3,(H,9,10). The Morgan fingerprint density at radius 3 is 2.50 bits per heavy atom. The van der Waals surface area contributed by atoms with Crippen LogP contribution < -0.4 is 0 Å². The molecule has 2 rings (SSSR count). The fourth-order valence-electron chi connectivity index (χ4n) is 1.42. The highest BCUT2D eigenvalue weighted by atomic mass is 16.6. The monoisotopic (exact) mass is 222 g/mol. The SMILES string of the molecule is Cc1cc2nc([N+](=O)[O-])[nH]c2cc1[N+](=O)[O-]. The van der Waals surface area contributed by atoms with E-state index in [-0.39, 0.29) is 11.2 Å². The van der Waals surface area contributed by atoms with E-state index in [9.17, 15) is 20.2 Å². The molecule has 1 aromatic heterocycles. The zero-order valence-electron chi connectivity index (χ0n) is 8.13. The fraction of sp³-hybridized carbons (Fsp3) is 0.125. The third kappa shape index (κ3) is 1.45. The average Bonchev–Trinajstić information content (AvgIpc) is 2.58. The molecule has 0 aliphatic rings. The molecule has 8 nitrogen and oxygen atoms in total. The predicted molar refractivity (Wildman–Crippen MR) is 54.1 cm³/mol. The normalized spacial score (nSPS) is 10.6. The van der Waals surface area contributed by atoms with Crippen LogP contribution in [0.15, 0.2) is 12.1 Å². The van der Waals surface area contributed by atoms with Gasteiger partial charge in [-0.25, -0.2) is 4.98 Å². The Balaban J connectivity index is 2.70. The molecule has 1 N–H and O–H groups in total. The van der Waals surface area contributed by atoms with Gasteiger partial charge in [0.05, 0.1) is 11.0 Å². The zero-order valence-corrected chi connectivity index (χ0v) is 8.13. The lowest BCUT2D eigenvalue weighted by molar-refractivity contribution is -0.393. The van der Waals surface area contributed by atoms with Gasteiger partial charge in [-0.15, -0.1) is 0 Å². The summed E-state index contributed by atoms with van der Waals surface area (Å²) in [7, 11) is 0. The van der Waals surface area contributed by atoms with E-state index in [0.717, 1.165) is 0 Å². The number of H-pyrrole nitrogens is 1. The maximum Gasteiger partial charge on any atom is 0.433 e. The number of nitrogens with one attached hydrogen (secondary N) is 1. The molecule has 0 aliphatic carbocycles. The molecule has 82 valence electrons. The topological polar surface area (TPSA) is 115 Å². The number of fused-ring (bicyclic) bond motifs is 1. The lowest BCUT2D eigenvalue weighted by Gasteiger charge is -1.93. The van der Waals surface area contributed by atoms with Crippen LogP contribution in [0.2, 0.25) is 0 Å². The van der Waals surface area contributed by atoms with Gasteiger partial charge >= 0.3 is 5.95 Å². The molecule has 16 heavy (non-hydrogen) atoms. The number of nitro groups is 2. The minimum Gasteiger partial charge on any atom is -0.390 e. The van der Waals surface area contributed by atoms with E-state index in [1.807, 2.05) is 0 Å². The second kappa shape index (κ2) is 3.26. The molecule has 0 fully saturated rings. The highest BCUT2D eigenvalue weighted by Gasteiger charge is 2.19. The molecule has 0 saturated heterocycles. The summed E-state index contributed by atoms with van der Waals surface area (Å²) in [5.74, 6) is -0.421. The van der Waals surface area contributed by atoms with Crippen LogP contribution in [0.5, 0.6) is 0 Å². The Morgan fingerprint density at radius 2 is 1.94 bits per heavy atom. The summed E-state index contributed by atoms with van der Waals surface area (Å²) in [5, 5.41) is 21.1. The van der Waals surface area contributed by atoms with E-state index in [1.165, 1.54) is 12.1 Å². The lowest BCUT2D eigenvalue weighted by Crippen LogP contribution is -1.91. The number of aromatic amines is 1. The summed E-state index contributed by atoms with van der Waals surface area (Å²) in [5.41, 5.74) is 0.948. The van der Waals surface area contributed by atoms with E-state index in [1.54, 1.807) is 6.92 Å². The van der Waals surface area contributed by atoms with Gasteiger partial charge in [-0.1, -0.05) is 4.98 Å². The number of hydrogen-bond acceptors (Lipinski definition) is 5. The number of imidazole rings is 1. The number of aromatic nitrogens is 2. The summed E-state index contributed by atoms with van der Waals surface area (Å²) in [6.07, 6.45) is 0. The van der Waals surface area contributed by atoms with Crippen LogP contribution in [-0.2, 0) is 0 Å². The Labute approximate surface area is 88.2 Å². The maximum atomic E-state index is 10.6. The molecule has 2 aromatic rings. The third-order valence-corrected chi connectivity index (χ3v) is 2.16. The molecule has 0 aliphatic heterocycles. The van der Waals surface area contributed by atoms with Crippen LogP contribution in [0.3, 0.4) is 0 Å². The van der Waals surface area contributed by atoms with Crippen LogP contribution in [-0.4, -0.2) is 19.8 Å². The highest BCUT2D eigenvalue weighted by Crippen LogP contribution is 2.25. The molecule has 1 aromatic carbocycles. The molecular weight excluding hydrogens is 216 g/mol. The Hall–Kier alpha value is -2.51. The Morgan fingerprint density at radius 1 is 1.25 bits per heavy atom. The first kappa shape index (κ1) is 10.0. The van der Waals surface area contributed by atoms with E-state index in [4.69, 9.17) is 0 Å². The van der Waals surface area contributed by atoms with Crippen molar-refractivity contribution in [3.8, 4) is 0 Å². The van der Waals surface area contributed by atoms with Crippen LogP contribution in [0.4, 0.5) is 11.6 Å². The fourth-order valence-corrected chi connectivity index (χ4v) is 1.42.